The second kappa shape index (κ2) is 4.09. The summed E-state index contributed by atoms with van der Waals surface area (Å²) in [6.07, 6.45) is 0. The van der Waals surface area contributed by atoms with Gasteiger partial charge in [0.05, 0.1) is 5.56 Å². The first-order valence-electron chi connectivity index (χ1n) is 2.98. The van der Waals surface area contributed by atoms with Crippen molar-refractivity contribution >= 4 is 5.97 Å². The Morgan fingerprint density at radius 3 is 1.92 bits per heavy atom. The van der Waals surface area contributed by atoms with Gasteiger partial charge in [-0.15, -0.1) is 0 Å². The van der Waals surface area contributed by atoms with Crippen molar-refractivity contribution in [1.29, 1.82) is 0 Å². The van der Waals surface area contributed by atoms with Crippen LogP contribution in [0.25, 0.3) is 0 Å². The van der Waals surface area contributed by atoms with Gasteiger partial charge in [0, 0.05) is 0 Å². The maximum atomic E-state index is 10.7. The van der Waals surface area contributed by atoms with Gasteiger partial charge in [0.15, 0.2) is 0 Å². The number of carboxylic acids is 1. The molecule has 1 rings (SSSR count). The first kappa shape index (κ1) is 11.7. The smallest absolute Gasteiger partial charge is 0.867 e. The SMILES string of the molecule is O=C(O)c1cc(O)c([O-])c(O)c1.[Zn+2]. The molecule has 0 bridgehead atoms. The molecule has 6 heteroatoms. The fourth-order valence-electron chi connectivity index (χ4n) is 0.722. The largest absolute Gasteiger partial charge is 2.00 e. The van der Waals surface area contributed by atoms with Crippen LogP contribution in [0, 0.1) is 0 Å². The third-order valence-electron chi connectivity index (χ3n) is 1.30. The molecule has 0 saturated heterocycles. The summed E-state index contributed by atoms with van der Waals surface area (Å²) in [5.41, 5.74) is -0.329. The van der Waals surface area contributed by atoms with Crippen molar-refractivity contribution in [2.45, 2.75) is 0 Å². The van der Waals surface area contributed by atoms with Gasteiger partial charge in [-0.3, -0.25) is 0 Å². The molecule has 0 heterocycles. The summed E-state index contributed by atoms with van der Waals surface area (Å²) in [7, 11) is 0. The molecule has 5 nitrogen and oxygen atoms in total. The molecule has 0 aromatic heterocycles. The molecule has 0 saturated carbocycles. The molecule has 0 amide bonds. The van der Waals surface area contributed by atoms with Crippen LogP contribution in [0.4, 0.5) is 0 Å². The van der Waals surface area contributed by atoms with Crippen LogP contribution in [0.2, 0.25) is 0 Å². The Balaban J connectivity index is 0.00000144. The standard InChI is InChI=1S/C7H6O5.Zn/c8-4-1-3(7(11)12)2-5(9)6(4)10;/h1-2,8-10H,(H,11,12);/q;+2/p-1. The maximum absolute atomic E-state index is 10.7. The molecule has 3 N–H and O–H groups in total. The average Bonchev–Trinajstić information content (AvgIpc) is 1.99. The molecule has 0 fully saturated rings. The molecule has 64 valence electrons. The Morgan fingerprint density at radius 1 is 1.23 bits per heavy atom. The van der Waals surface area contributed by atoms with Crippen LogP contribution in [-0.4, -0.2) is 21.3 Å². The molecular weight excluding hydrogens is 229 g/mol. The number of aromatic carboxylic acids is 1. The summed E-state index contributed by atoms with van der Waals surface area (Å²) in [6.45, 7) is 0. The summed E-state index contributed by atoms with van der Waals surface area (Å²) < 4.78 is 0. The van der Waals surface area contributed by atoms with Crippen molar-refractivity contribution in [3.8, 4) is 17.2 Å². The molecule has 0 spiro atoms. The van der Waals surface area contributed by atoms with Gasteiger partial charge in [-0.2, -0.15) is 0 Å². The second-order valence-corrected chi connectivity index (χ2v) is 2.15. The van der Waals surface area contributed by atoms with E-state index in [9.17, 15) is 9.90 Å². The Hall–Kier alpha value is -1.29. The van der Waals surface area contributed by atoms with E-state index in [0.717, 1.165) is 12.1 Å². The normalized spacial score (nSPS) is 8.92. The monoisotopic (exact) mass is 233 g/mol. The average molecular weight is 235 g/mol. The number of aromatic hydroxyl groups is 2. The van der Waals surface area contributed by atoms with E-state index in [2.05, 4.69) is 0 Å². The summed E-state index contributed by atoms with van der Waals surface area (Å²) in [5, 5.41) is 36.6. The Bertz CT molecular complexity index is 313. The predicted molar refractivity (Wildman–Crippen MR) is 36.2 cm³/mol. The molecule has 1 aromatic rings. The van der Waals surface area contributed by atoms with Gasteiger partial charge in [0.25, 0.3) is 0 Å². The number of carbonyl (C=O) groups is 1. The fourth-order valence-corrected chi connectivity index (χ4v) is 0.722. The number of hydrogen-bond acceptors (Lipinski definition) is 4. The summed E-state index contributed by atoms with van der Waals surface area (Å²) in [4.78, 5) is 10.3. The van der Waals surface area contributed by atoms with Crippen molar-refractivity contribution in [1.82, 2.24) is 0 Å². The van der Waals surface area contributed by atoms with Crippen LogP contribution in [0.15, 0.2) is 12.1 Å². The molecule has 13 heavy (non-hydrogen) atoms. The van der Waals surface area contributed by atoms with Gasteiger partial charge in [0.2, 0.25) is 0 Å². The van der Waals surface area contributed by atoms with E-state index in [4.69, 9.17) is 15.3 Å². The van der Waals surface area contributed by atoms with E-state index in [1.807, 2.05) is 0 Å². The minimum absolute atomic E-state index is 0. The summed E-state index contributed by atoms with van der Waals surface area (Å²) >= 11 is 0. The van der Waals surface area contributed by atoms with E-state index in [1.54, 1.807) is 0 Å². The van der Waals surface area contributed by atoms with Gasteiger partial charge >= 0.3 is 25.4 Å². The quantitative estimate of drug-likeness (QED) is 0.588. The van der Waals surface area contributed by atoms with E-state index < -0.39 is 23.2 Å². The van der Waals surface area contributed by atoms with E-state index in [-0.39, 0.29) is 25.0 Å². The minimum atomic E-state index is -1.32. The molecule has 0 aliphatic rings. The zero-order valence-electron chi connectivity index (χ0n) is 6.52. The molecule has 0 atom stereocenters. The van der Waals surface area contributed by atoms with Crippen LogP contribution in [0.1, 0.15) is 10.4 Å². The molecule has 0 radical (unpaired) electrons. The predicted octanol–water partition coefficient (Wildman–Crippen LogP) is -0.133. The van der Waals surface area contributed by atoms with Crippen LogP contribution >= 0.6 is 0 Å². The van der Waals surface area contributed by atoms with Crippen molar-refractivity contribution in [3.63, 3.8) is 0 Å². The first-order chi connectivity index (χ1) is 5.52. The van der Waals surface area contributed by atoms with E-state index >= 15 is 0 Å². The van der Waals surface area contributed by atoms with Gasteiger partial charge in [-0.1, -0.05) is 0 Å². The van der Waals surface area contributed by atoms with E-state index in [1.165, 1.54) is 0 Å². The first-order valence-corrected chi connectivity index (χ1v) is 2.98. The Morgan fingerprint density at radius 2 is 1.62 bits per heavy atom. The minimum Gasteiger partial charge on any atom is -0.867 e. The molecule has 0 aliphatic carbocycles. The zero-order valence-corrected chi connectivity index (χ0v) is 9.49. The topological polar surface area (TPSA) is 101 Å². The number of carboxylic acid groups (broad SMARTS) is 1. The van der Waals surface area contributed by atoms with Gasteiger partial charge < -0.3 is 20.4 Å². The Kier molecular flexibility index (Phi) is 3.69. The van der Waals surface area contributed by atoms with Crippen LogP contribution in [0.3, 0.4) is 0 Å². The van der Waals surface area contributed by atoms with Gasteiger partial charge in [0.1, 0.15) is 11.5 Å². The number of phenols is 2. The third kappa shape index (κ3) is 2.32. The molecule has 0 unspecified atom stereocenters. The molecule has 1 aromatic carbocycles. The second-order valence-electron chi connectivity index (χ2n) is 2.15. The van der Waals surface area contributed by atoms with Gasteiger partial charge in [-0.05, 0) is 17.9 Å². The molecular formula is C7H5O5Zn+. The fraction of sp³-hybridized carbons (Fsp3) is 0. The van der Waals surface area contributed by atoms with Crippen LogP contribution in [-0.2, 0) is 19.5 Å². The third-order valence-corrected chi connectivity index (χ3v) is 1.30. The zero-order chi connectivity index (χ0) is 9.30. The van der Waals surface area contributed by atoms with Crippen molar-refractivity contribution in [2.24, 2.45) is 0 Å². The number of phenolic OH excluding ortho intramolecular Hbond substituents is 2. The maximum Gasteiger partial charge on any atom is 2.00 e. The number of hydrogen-bond donors (Lipinski definition) is 3. The number of rotatable bonds is 1. The van der Waals surface area contributed by atoms with Crippen LogP contribution in [0.5, 0.6) is 17.2 Å². The van der Waals surface area contributed by atoms with Crippen molar-refractivity contribution in [3.05, 3.63) is 17.7 Å². The van der Waals surface area contributed by atoms with Crippen molar-refractivity contribution < 1.29 is 44.7 Å². The van der Waals surface area contributed by atoms with E-state index in [0.29, 0.717) is 0 Å². The van der Waals surface area contributed by atoms with Crippen LogP contribution < -0.4 is 5.11 Å². The Labute approximate surface area is 86.0 Å². The number of benzene rings is 1. The van der Waals surface area contributed by atoms with Crippen molar-refractivity contribution in [2.75, 3.05) is 0 Å². The summed E-state index contributed by atoms with van der Waals surface area (Å²) in [5.74, 6) is -3.83. The summed E-state index contributed by atoms with van der Waals surface area (Å²) in [6, 6.07) is 1.56. The van der Waals surface area contributed by atoms with Gasteiger partial charge in [-0.25, -0.2) is 4.79 Å². The molecule has 0 aliphatic heterocycles.